The summed E-state index contributed by atoms with van der Waals surface area (Å²) in [6, 6.07) is 7.13. The maximum absolute atomic E-state index is 12.3. The fourth-order valence-electron chi connectivity index (χ4n) is 4.72. The number of fused-ring (bicyclic) bond motifs is 1. The Morgan fingerprint density at radius 1 is 1.12 bits per heavy atom. The van der Waals surface area contributed by atoms with Crippen molar-refractivity contribution in [2.24, 2.45) is 5.92 Å². The first kappa shape index (κ1) is 16.7. The summed E-state index contributed by atoms with van der Waals surface area (Å²) < 4.78 is 1.23. The number of rotatable bonds is 3. The Morgan fingerprint density at radius 3 is 2.65 bits per heavy atom. The largest absolute Gasteiger partial charge is 0.312 e. The van der Waals surface area contributed by atoms with Crippen molar-refractivity contribution in [1.82, 2.24) is 9.88 Å². The minimum absolute atomic E-state index is 0.157. The summed E-state index contributed by atoms with van der Waals surface area (Å²) in [6.45, 7) is 5.46. The van der Waals surface area contributed by atoms with Crippen molar-refractivity contribution in [3.8, 4) is 0 Å². The molecule has 5 rings (SSSR count). The van der Waals surface area contributed by atoms with Gasteiger partial charge in [-0.05, 0) is 63.4 Å². The standard InChI is InChI=1S/C21H27N3OS/c1-14-7-10-24(21(14)25)16-5-6-18-19(13-16)26-20(22-18)15-11-17(12-15)23-8-3-2-4-9-23/h5-6,13-15,17H,2-4,7-12H2,1H3. The molecule has 1 unspecified atom stereocenters. The van der Waals surface area contributed by atoms with Gasteiger partial charge in [-0.25, -0.2) is 4.98 Å². The van der Waals surface area contributed by atoms with E-state index in [4.69, 9.17) is 4.98 Å². The molecule has 1 amide bonds. The van der Waals surface area contributed by atoms with E-state index in [2.05, 4.69) is 23.1 Å². The Bertz CT molecular complexity index is 820. The number of aromatic nitrogens is 1. The van der Waals surface area contributed by atoms with Gasteiger partial charge in [0.2, 0.25) is 5.91 Å². The molecule has 0 N–H and O–H groups in total. The zero-order valence-electron chi connectivity index (χ0n) is 15.5. The van der Waals surface area contributed by atoms with Crippen LogP contribution >= 0.6 is 11.3 Å². The Labute approximate surface area is 159 Å². The predicted molar refractivity (Wildman–Crippen MR) is 107 cm³/mol. The number of benzene rings is 1. The van der Waals surface area contributed by atoms with Crippen molar-refractivity contribution < 1.29 is 4.79 Å². The highest BCUT2D eigenvalue weighted by molar-refractivity contribution is 7.18. The summed E-state index contributed by atoms with van der Waals surface area (Å²) in [5.74, 6) is 1.05. The third kappa shape index (κ3) is 2.85. The second-order valence-corrected chi connectivity index (χ2v) is 9.36. The van der Waals surface area contributed by atoms with E-state index in [0.717, 1.165) is 30.2 Å². The zero-order valence-corrected chi connectivity index (χ0v) is 16.3. The maximum atomic E-state index is 12.3. The van der Waals surface area contributed by atoms with E-state index in [9.17, 15) is 4.79 Å². The zero-order chi connectivity index (χ0) is 17.7. The van der Waals surface area contributed by atoms with Crippen molar-refractivity contribution >= 4 is 33.1 Å². The van der Waals surface area contributed by atoms with E-state index >= 15 is 0 Å². The van der Waals surface area contributed by atoms with Gasteiger partial charge in [0.1, 0.15) is 0 Å². The molecule has 1 aromatic heterocycles. The van der Waals surface area contributed by atoms with Crippen LogP contribution in [-0.2, 0) is 4.79 Å². The van der Waals surface area contributed by atoms with Crippen LogP contribution in [0.25, 0.3) is 10.2 Å². The molecule has 0 radical (unpaired) electrons. The van der Waals surface area contributed by atoms with Crippen molar-refractivity contribution in [1.29, 1.82) is 0 Å². The number of hydrogen-bond acceptors (Lipinski definition) is 4. The fourth-order valence-corrected chi connectivity index (χ4v) is 5.85. The third-order valence-corrected chi connectivity index (χ3v) is 7.72. The summed E-state index contributed by atoms with van der Waals surface area (Å²) in [4.78, 5) is 21.9. The molecule has 0 bridgehead atoms. The van der Waals surface area contributed by atoms with Crippen LogP contribution in [-0.4, -0.2) is 41.5 Å². The summed E-state index contributed by atoms with van der Waals surface area (Å²) in [5, 5.41) is 1.30. The first-order chi connectivity index (χ1) is 12.7. The lowest BCUT2D eigenvalue weighted by Gasteiger charge is -2.43. The number of likely N-dealkylation sites (tertiary alicyclic amines) is 1. The van der Waals surface area contributed by atoms with Crippen LogP contribution in [0.1, 0.15) is 56.4 Å². The first-order valence-corrected chi connectivity index (χ1v) is 11.0. The van der Waals surface area contributed by atoms with Gasteiger partial charge >= 0.3 is 0 Å². The van der Waals surface area contributed by atoms with Crippen LogP contribution < -0.4 is 4.90 Å². The van der Waals surface area contributed by atoms with E-state index in [1.807, 2.05) is 23.2 Å². The van der Waals surface area contributed by atoms with E-state index in [-0.39, 0.29) is 11.8 Å². The highest BCUT2D eigenvalue weighted by Gasteiger charge is 2.36. The molecule has 26 heavy (non-hydrogen) atoms. The van der Waals surface area contributed by atoms with Gasteiger partial charge in [-0.15, -0.1) is 11.3 Å². The van der Waals surface area contributed by atoms with E-state index in [1.54, 1.807) is 0 Å². The molecular weight excluding hydrogens is 342 g/mol. The number of hydrogen-bond donors (Lipinski definition) is 0. The van der Waals surface area contributed by atoms with Gasteiger partial charge in [-0.1, -0.05) is 13.3 Å². The number of thiazole rings is 1. The van der Waals surface area contributed by atoms with Crippen LogP contribution in [0.5, 0.6) is 0 Å². The van der Waals surface area contributed by atoms with E-state index in [0.29, 0.717) is 5.92 Å². The van der Waals surface area contributed by atoms with E-state index < -0.39 is 0 Å². The van der Waals surface area contributed by atoms with Crippen LogP contribution in [0.3, 0.4) is 0 Å². The number of nitrogens with zero attached hydrogens (tertiary/aromatic N) is 3. The number of piperidine rings is 1. The van der Waals surface area contributed by atoms with Crippen molar-refractivity contribution in [2.75, 3.05) is 24.5 Å². The predicted octanol–water partition coefficient (Wildman–Crippen LogP) is 4.40. The topological polar surface area (TPSA) is 36.4 Å². The molecule has 1 atom stereocenters. The van der Waals surface area contributed by atoms with Crippen molar-refractivity contribution in [2.45, 2.75) is 57.4 Å². The molecule has 2 aromatic rings. The molecule has 2 aliphatic heterocycles. The highest BCUT2D eigenvalue weighted by Crippen LogP contribution is 2.43. The molecule has 2 saturated heterocycles. The molecule has 1 aromatic carbocycles. The van der Waals surface area contributed by atoms with Crippen LogP contribution in [0, 0.1) is 5.92 Å². The van der Waals surface area contributed by atoms with Crippen LogP contribution in [0.15, 0.2) is 18.2 Å². The van der Waals surface area contributed by atoms with Crippen LogP contribution in [0.2, 0.25) is 0 Å². The SMILES string of the molecule is CC1CCN(c2ccc3nc(C4CC(N5CCCCC5)C4)sc3c2)C1=O. The minimum atomic E-state index is 0.157. The normalized spacial score (nSPS) is 30.1. The first-order valence-electron chi connectivity index (χ1n) is 10.1. The smallest absolute Gasteiger partial charge is 0.229 e. The lowest BCUT2D eigenvalue weighted by Crippen LogP contribution is -2.46. The van der Waals surface area contributed by atoms with Gasteiger partial charge in [0.25, 0.3) is 0 Å². The van der Waals surface area contributed by atoms with Crippen molar-refractivity contribution in [3.05, 3.63) is 23.2 Å². The molecule has 3 aliphatic rings. The molecule has 1 saturated carbocycles. The molecule has 138 valence electrons. The number of anilines is 1. The molecule has 4 nitrogen and oxygen atoms in total. The average Bonchev–Trinajstić information content (AvgIpc) is 3.18. The Balaban J connectivity index is 1.31. The number of amides is 1. The van der Waals surface area contributed by atoms with Gasteiger partial charge in [-0.3, -0.25) is 4.79 Å². The average molecular weight is 370 g/mol. The second-order valence-electron chi connectivity index (χ2n) is 8.30. The monoisotopic (exact) mass is 369 g/mol. The summed E-state index contributed by atoms with van der Waals surface area (Å²) in [5.41, 5.74) is 2.14. The molecule has 3 fully saturated rings. The Kier molecular flexibility index (Phi) is 4.24. The summed E-state index contributed by atoms with van der Waals surface area (Å²) in [6.07, 6.45) is 7.66. The van der Waals surface area contributed by atoms with Gasteiger partial charge < -0.3 is 9.80 Å². The van der Waals surface area contributed by atoms with Gasteiger partial charge in [0, 0.05) is 30.1 Å². The Hall–Kier alpha value is -1.46. The molecule has 0 spiro atoms. The van der Waals surface area contributed by atoms with Gasteiger partial charge in [0.15, 0.2) is 0 Å². The third-order valence-electron chi connectivity index (χ3n) is 6.54. The quantitative estimate of drug-likeness (QED) is 0.804. The number of carbonyl (C=O) groups excluding carboxylic acids is 1. The summed E-state index contributed by atoms with van der Waals surface area (Å²) >= 11 is 1.84. The molecular formula is C21H27N3OS. The van der Waals surface area contributed by atoms with Crippen molar-refractivity contribution in [3.63, 3.8) is 0 Å². The van der Waals surface area contributed by atoms with Crippen LogP contribution in [0.4, 0.5) is 5.69 Å². The maximum Gasteiger partial charge on any atom is 0.229 e. The molecule has 5 heteroatoms. The molecule has 1 aliphatic carbocycles. The highest BCUT2D eigenvalue weighted by atomic mass is 32.1. The number of carbonyl (C=O) groups is 1. The van der Waals surface area contributed by atoms with E-state index in [1.165, 1.54) is 54.9 Å². The lowest BCUT2D eigenvalue weighted by atomic mass is 9.79. The Morgan fingerprint density at radius 2 is 1.92 bits per heavy atom. The van der Waals surface area contributed by atoms with Gasteiger partial charge in [0.05, 0.1) is 15.2 Å². The molecule has 3 heterocycles. The summed E-state index contributed by atoms with van der Waals surface area (Å²) in [7, 11) is 0. The fraction of sp³-hybridized carbons (Fsp3) is 0.619. The minimum Gasteiger partial charge on any atom is -0.312 e. The lowest BCUT2D eigenvalue weighted by molar-refractivity contribution is -0.119. The second kappa shape index (κ2) is 6.61. The van der Waals surface area contributed by atoms with Gasteiger partial charge in [-0.2, -0.15) is 0 Å².